The van der Waals surface area contributed by atoms with E-state index in [1.807, 2.05) is 13.8 Å². The first-order chi connectivity index (χ1) is 12.3. The minimum absolute atomic E-state index is 0.118. The molecule has 0 saturated carbocycles. The first-order valence-electron chi connectivity index (χ1n) is 8.82. The predicted molar refractivity (Wildman–Crippen MR) is 97.2 cm³/mol. The van der Waals surface area contributed by atoms with Crippen molar-refractivity contribution >= 4 is 23.5 Å². The lowest BCUT2D eigenvalue weighted by Crippen LogP contribution is -2.51. The zero-order valence-electron chi connectivity index (χ0n) is 15.4. The summed E-state index contributed by atoms with van der Waals surface area (Å²) in [6.07, 6.45) is 1.03. The van der Waals surface area contributed by atoms with Crippen molar-refractivity contribution < 1.29 is 24.2 Å². The van der Waals surface area contributed by atoms with Gasteiger partial charge in [0.25, 0.3) is 0 Å². The number of carboxylic acid groups (broad SMARTS) is 1. The average molecular weight is 362 g/mol. The lowest BCUT2D eigenvalue weighted by Gasteiger charge is -2.32. The summed E-state index contributed by atoms with van der Waals surface area (Å²) in [4.78, 5) is 37.8. The number of rotatable bonds is 8. The van der Waals surface area contributed by atoms with E-state index in [9.17, 15) is 14.4 Å². The summed E-state index contributed by atoms with van der Waals surface area (Å²) in [5, 5.41) is 12.0. The summed E-state index contributed by atoms with van der Waals surface area (Å²) >= 11 is 0. The molecule has 0 aromatic heterocycles. The monoisotopic (exact) mass is 362 g/mol. The van der Waals surface area contributed by atoms with E-state index in [1.165, 1.54) is 0 Å². The molecule has 1 aromatic rings. The van der Waals surface area contributed by atoms with Crippen LogP contribution in [0.2, 0.25) is 0 Å². The van der Waals surface area contributed by atoms with Crippen LogP contribution in [0, 0.1) is 5.92 Å². The Hall–Kier alpha value is -2.57. The number of methoxy groups -OCH3 is 1. The van der Waals surface area contributed by atoms with E-state index in [1.54, 1.807) is 36.3 Å². The number of nitrogens with zero attached hydrogens (tertiary/aromatic N) is 1. The fourth-order valence-corrected chi connectivity index (χ4v) is 3.27. The van der Waals surface area contributed by atoms with Crippen molar-refractivity contribution in [2.45, 2.75) is 45.1 Å². The summed E-state index contributed by atoms with van der Waals surface area (Å²) < 4.78 is 5.11. The maximum atomic E-state index is 12.7. The zero-order chi connectivity index (χ0) is 19.3. The molecule has 142 valence electrons. The first kappa shape index (κ1) is 19.8. The molecule has 7 nitrogen and oxygen atoms in total. The van der Waals surface area contributed by atoms with E-state index < -0.39 is 17.4 Å². The lowest BCUT2D eigenvalue weighted by molar-refractivity contribution is -0.139. The van der Waals surface area contributed by atoms with Crippen LogP contribution in [-0.4, -0.2) is 42.1 Å². The molecule has 0 spiro atoms. The van der Waals surface area contributed by atoms with E-state index in [2.05, 4.69) is 5.32 Å². The molecule has 7 heteroatoms. The standard InChI is InChI=1S/C19H26N2O5/c1-4-19(5-2,11-17(23)24)20-18(25)13-10-16(22)21(12-13)14-6-8-15(26-3)9-7-14/h6-9,13H,4-5,10-12H2,1-3H3,(H,20,25)(H,23,24). The molecule has 2 rings (SSSR count). The van der Waals surface area contributed by atoms with Crippen LogP contribution in [0.1, 0.15) is 39.5 Å². The topological polar surface area (TPSA) is 95.9 Å². The second kappa shape index (κ2) is 8.21. The number of hydrogen-bond acceptors (Lipinski definition) is 4. The third-order valence-corrected chi connectivity index (χ3v) is 5.11. The van der Waals surface area contributed by atoms with Crippen molar-refractivity contribution in [3.8, 4) is 5.75 Å². The van der Waals surface area contributed by atoms with E-state index in [0.717, 1.165) is 0 Å². The Balaban J connectivity index is 2.08. The molecule has 1 aromatic carbocycles. The van der Waals surface area contributed by atoms with Crippen LogP contribution in [0.25, 0.3) is 0 Å². The minimum Gasteiger partial charge on any atom is -0.497 e. The molecule has 1 saturated heterocycles. The lowest BCUT2D eigenvalue weighted by atomic mass is 9.88. The second-order valence-corrected chi connectivity index (χ2v) is 6.65. The smallest absolute Gasteiger partial charge is 0.305 e. The molecule has 0 radical (unpaired) electrons. The van der Waals surface area contributed by atoms with Gasteiger partial charge in [-0.2, -0.15) is 0 Å². The Labute approximate surface area is 153 Å². The highest BCUT2D eigenvalue weighted by Gasteiger charge is 2.39. The number of aliphatic carboxylic acids is 1. The molecule has 1 aliphatic rings. The van der Waals surface area contributed by atoms with E-state index in [-0.39, 0.29) is 31.2 Å². The highest BCUT2D eigenvalue weighted by molar-refractivity contribution is 6.00. The van der Waals surface area contributed by atoms with Crippen LogP contribution in [-0.2, 0) is 14.4 Å². The number of nitrogens with one attached hydrogen (secondary N) is 1. The van der Waals surface area contributed by atoms with Gasteiger partial charge in [-0.3, -0.25) is 14.4 Å². The number of amides is 2. The van der Waals surface area contributed by atoms with Gasteiger partial charge in [0.05, 0.1) is 19.4 Å². The van der Waals surface area contributed by atoms with Gasteiger partial charge in [-0.15, -0.1) is 0 Å². The first-order valence-corrected chi connectivity index (χ1v) is 8.82. The predicted octanol–water partition coefficient (Wildman–Crippen LogP) is 2.20. The summed E-state index contributed by atoms with van der Waals surface area (Å²) in [6, 6.07) is 7.10. The molecule has 1 atom stereocenters. The Morgan fingerprint density at radius 1 is 1.27 bits per heavy atom. The van der Waals surface area contributed by atoms with Gasteiger partial charge in [-0.05, 0) is 37.1 Å². The molecule has 2 N–H and O–H groups in total. The molecule has 2 amide bonds. The van der Waals surface area contributed by atoms with Gasteiger partial charge in [-0.1, -0.05) is 13.8 Å². The number of hydrogen-bond donors (Lipinski definition) is 2. The zero-order valence-corrected chi connectivity index (χ0v) is 15.4. The van der Waals surface area contributed by atoms with Crippen LogP contribution in [0.5, 0.6) is 5.75 Å². The third kappa shape index (κ3) is 4.33. The Kier molecular flexibility index (Phi) is 6.23. The number of carbonyl (C=O) groups is 3. The fourth-order valence-electron chi connectivity index (χ4n) is 3.27. The minimum atomic E-state index is -0.948. The Morgan fingerprint density at radius 2 is 1.88 bits per heavy atom. The van der Waals surface area contributed by atoms with Crippen LogP contribution in [0.15, 0.2) is 24.3 Å². The summed E-state index contributed by atoms with van der Waals surface area (Å²) in [5.74, 6) is -1.13. The SMILES string of the molecule is CCC(CC)(CC(=O)O)NC(=O)C1CC(=O)N(c2ccc(OC)cc2)C1. The highest BCUT2D eigenvalue weighted by atomic mass is 16.5. The molecular weight excluding hydrogens is 336 g/mol. The Morgan fingerprint density at radius 3 is 2.38 bits per heavy atom. The molecule has 1 unspecified atom stereocenters. The van der Waals surface area contributed by atoms with Crippen molar-refractivity contribution in [3.05, 3.63) is 24.3 Å². The fraction of sp³-hybridized carbons (Fsp3) is 0.526. The van der Waals surface area contributed by atoms with Crippen molar-refractivity contribution in [2.24, 2.45) is 5.92 Å². The van der Waals surface area contributed by atoms with Gasteiger partial charge >= 0.3 is 5.97 Å². The van der Waals surface area contributed by atoms with E-state index >= 15 is 0 Å². The van der Waals surface area contributed by atoms with Gasteiger partial charge in [0.1, 0.15) is 5.75 Å². The van der Waals surface area contributed by atoms with Crippen LogP contribution in [0.3, 0.4) is 0 Å². The maximum absolute atomic E-state index is 12.7. The highest BCUT2D eigenvalue weighted by Crippen LogP contribution is 2.28. The Bertz CT molecular complexity index is 667. The molecule has 1 fully saturated rings. The van der Waals surface area contributed by atoms with Crippen LogP contribution >= 0.6 is 0 Å². The number of anilines is 1. The molecule has 1 aliphatic heterocycles. The van der Waals surface area contributed by atoms with Gasteiger partial charge in [0.15, 0.2) is 0 Å². The summed E-state index contributed by atoms with van der Waals surface area (Å²) in [6.45, 7) is 4.00. The van der Waals surface area contributed by atoms with Gasteiger partial charge in [0, 0.05) is 24.2 Å². The van der Waals surface area contributed by atoms with Gasteiger partial charge < -0.3 is 20.1 Å². The van der Waals surface area contributed by atoms with Gasteiger partial charge in [-0.25, -0.2) is 0 Å². The molecular formula is C19H26N2O5. The quantitative estimate of drug-likeness (QED) is 0.739. The van der Waals surface area contributed by atoms with Crippen molar-refractivity contribution in [3.63, 3.8) is 0 Å². The molecule has 26 heavy (non-hydrogen) atoms. The van der Waals surface area contributed by atoms with Crippen LogP contribution in [0.4, 0.5) is 5.69 Å². The number of carbonyl (C=O) groups excluding carboxylic acids is 2. The number of ether oxygens (including phenoxy) is 1. The number of benzene rings is 1. The average Bonchev–Trinajstić information content (AvgIpc) is 3.02. The van der Waals surface area contributed by atoms with E-state index in [0.29, 0.717) is 24.3 Å². The van der Waals surface area contributed by atoms with Crippen molar-refractivity contribution in [1.82, 2.24) is 5.32 Å². The van der Waals surface area contributed by atoms with Crippen LogP contribution < -0.4 is 15.0 Å². The maximum Gasteiger partial charge on any atom is 0.305 e. The summed E-state index contributed by atoms with van der Waals surface area (Å²) in [7, 11) is 1.57. The van der Waals surface area contributed by atoms with Gasteiger partial charge in [0.2, 0.25) is 11.8 Å². The second-order valence-electron chi connectivity index (χ2n) is 6.65. The normalized spacial score (nSPS) is 17.3. The van der Waals surface area contributed by atoms with Crippen molar-refractivity contribution in [2.75, 3.05) is 18.6 Å². The number of carboxylic acids is 1. The third-order valence-electron chi connectivity index (χ3n) is 5.11. The molecule has 0 aliphatic carbocycles. The molecule has 0 bridgehead atoms. The van der Waals surface area contributed by atoms with E-state index in [4.69, 9.17) is 9.84 Å². The molecule has 1 heterocycles. The largest absolute Gasteiger partial charge is 0.497 e. The summed E-state index contributed by atoms with van der Waals surface area (Å²) in [5.41, 5.74) is -0.0617. The van der Waals surface area contributed by atoms with Crippen molar-refractivity contribution in [1.29, 1.82) is 0 Å².